The van der Waals surface area contributed by atoms with Crippen LogP contribution in [0.4, 0.5) is 17.1 Å². The molecule has 1 nitrogen and oxygen atoms in total. The molecule has 0 aromatic heterocycles. The van der Waals surface area contributed by atoms with Crippen LogP contribution in [0.5, 0.6) is 0 Å². The van der Waals surface area contributed by atoms with Crippen LogP contribution in [-0.2, 0) is 10.8 Å². The molecule has 7 aromatic rings. The van der Waals surface area contributed by atoms with Crippen molar-refractivity contribution in [3.8, 4) is 22.3 Å². The molecule has 0 spiro atoms. The van der Waals surface area contributed by atoms with E-state index in [1.807, 2.05) is 0 Å². The van der Waals surface area contributed by atoms with Gasteiger partial charge in [-0.15, -0.1) is 0 Å². The van der Waals surface area contributed by atoms with Gasteiger partial charge in [-0.1, -0.05) is 160 Å². The maximum atomic E-state index is 2.69. The van der Waals surface area contributed by atoms with Gasteiger partial charge in [-0.3, -0.25) is 0 Å². The number of rotatable bonds is 2. The molecular formula is C50H41B2N. The highest BCUT2D eigenvalue weighted by Gasteiger charge is 2.52. The summed E-state index contributed by atoms with van der Waals surface area (Å²) in [6.07, 6.45) is 0. The lowest BCUT2D eigenvalue weighted by molar-refractivity contribution is 0.640. The normalized spacial score (nSPS) is 15.9. The number of benzene rings is 7. The second-order valence-electron chi connectivity index (χ2n) is 17.0. The summed E-state index contributed by atoms with van der Waals surface area (Å²) in [7, 11) is 0. The lowest BCUT2D eigenvalue weighted by Gasteiger charge is -2.51. The minimum Gasteiger partial charge on any atom is -0.313 e. The third kappa shape index (κ3) is 3.95. The van der Waals surface area contributed by atoms with Crippen molar-refractivity contribution in [2.24, 2.45) is 0 Å². The van der Waals surface area contributed by atoms with Crippen molar-refractivity contribution in [2.75, 3.05) is 4.90 Å². The molecule has 0 unspecified atom stereocenters. The molecule has 53 heavy (non-hydrogen) atoms. The van der Waals surface area contributed by atoms with Crippen molar-refractivity contribution < 1.29 is 0 Å². The molecule has 0 aliphatic carbocycles. The van der Waals surface area contributed by atoms with Crippen molar-refractivity contribution in [3.63, 3.8) is 0 Å². The minimum absolute atomic E-state index is 0.129. The van der Waals surface area contributed by atoms with E-state index < -0.39 is 0 Å². The Kier molecular flexibility index (Phi) is 6.17. The molecule has 252 valence electrons. The second kappa shape index (κ2) is 10.5. The third-order valence-corrected chi connectivity index (χ3v) is 13.4. The molecule has 0 saturated heterocycles. The van der Waals surface area contributed by atoms with E-state index in [1.165, 1.54) is 105 Å². The first-order valence-corrected chi connectivity index (χ1v) is 19.3. The van der Waals surface area contributed by atoms with E-state index >= 15 is 0 Å². The molecule has 0 fully saturated rings. The van der Waals surface area contributed by atoms with Gasteiger partial charge < -0.3 is 4.90 Å². The number of anilines is 3. The molecule has 0 N–H and O–H groups in total. The predicted octanol–water partition coefficient (Wildman–Crippen LogP) is 8.05. The summed E-state index contributed by atoms with van der Waals surface area (Å²) < 4.78 is 0. The smallest absolute Gasteiger partial charge is 0.247 e. The molecule has 11 rings (SSSR count). The fraction of sp³-hybridized carbons (Fsp3) is 0.160. The van der Waals surface area contributed by atoms with Gasteiger partial charge in [-0.25, -0.2) is 0 Å². The molecule has 0 bridgehead atoms. The van der Waals surface area contributed by atoms with Crippen molar-refractivity contribution in [1.29, 1.82) is 0 Å². The molecule has 4 heterocycles. The minimum atomic E-state index is -0.129. The molecule has 7 aromatic carbocycles. The summed E-state index contributed by atoms with van der Waals surface area (Å²) in [5.41, 5.74) is 26.1. The average Bonchev–Trinajstić information content (AvgIpc) is 3.17. The second-order valence-corrected chi connectivity index (χ2v) is 17.0. The van der Waals surface area contributed by atoms with Crippen LogP contribution in [0.15, 0.2) is 140 Å². The predicted molar refractivity (Wildman–Crippen MR) is 228 cm³/mol. The molecule has 4 aliphatic rings. The van der Waals surface area contributed by atoms with Crippen molar-refractivity contribution >= 4 is 63.3 Å². The summed E-state index contributed by atoms with van der Waals surface area (Å²) in [5.74, 6) is 0. The lowest BCUT2D eigenvalue weighted by Crippen LogP contribution is -2.70. The standard InChI is InChI=1S/C50H41B2N/c1-30-23-25-42-46-44(30)49(3,4)36-19-10-12-21-38(36)51(46)40-28-35(34-18-14-17-33(27-34)32-15-8-7-9-16-32)29-41-48(40)53(42)43-26-24-31(2)45-47(43)52(41)39-22-13-11-20-37(39)50(45,5)6/h7-29H,1-6H3. The monoisotopic (exact) mass is 677 g/mol. The molecule has 0 radical (unpaired) electrons. The van der Waals surface area contributed by atoms with Crippen LogP contribution in [0.3, 0.4) is 0 Å². The highest BCUT2D eigenvalue weighted by atomic mass is 15.2. The van der Waals surface area contributed by atoms with E-state index in [9.17, 15) is 0 Å². The Labute approximate surface area is 314 Å². The zero-order valence-electron chi connectivity index (χ0n) is 31.4. The van der Waals surface area contributed by atoms with Crippen LogP contribution in [0, 0.1) is 13.8 Å². The highest BCUT2D eigenvalue weighted by Crippen LogP contribution is 2.47. The summed E-state index contributed by atoms with van der Waals surface area (Å²) in [5, 5.41) is 0. The molecule has 0 saturated carbocycles. The van der Waals surface area contributed by atoms with Gasteiger partial charge >= 0.3 is 0 Å². The van der Waals surface area contributed by atoms with Crippen LogP contribution >= 0.6 is 0 Å². The zero-order chi connectivity index (χ0) is 36.0. The van der Waals surface area contributed by atoms with Gasteiger partial charge in [0.25, 0.3) is 0 Å². The Morgan fingerprint density at radius 1 is 0.415 bits per heavy atom. The van der Waals surface area contributed by atoms with Gasteiger partial charge in [-0.2, -0.15) is 0 Å². The Morgan fingerprint density at radius 2 is 0.868 bits per heavy atom. The SMILES string of the molecule is Cc1ccc2c3c1C(C)(C)c1ccccc1B3c1cc(-c3cccc(-c4ccccc4)c3)cc3c1N2c1ccc(C)c2c1B3c1ccccc1C2(C)C. The third-order valence-electron chi connectivity index (χ3n) is 13.4. The summed E-state index contributed by atoms with van der Waals surface area (Å²) >= 11 is 0. The largest absolute Gasteiger partial charge is 0.313 e. The molecule has 0 amide bonds. The Morgan fingerprint density at radius 3 is 1.40 bits per heavy atom. The van der Waals surface area contributed by atoms with Gasteiger partial charge in [0.2, 0.25) is 13.4 Å². The maximum absolute atomic E-state index is 2.69. The zero-order valence-corrected chi connectivity index (χ0v) is 31.4. The number of nitrogens with zero attached hydrogens (tertiary/aromatic N) is 1. The molecule has 4 aliphatic heterocycles. The summed E-state index contributed by atoms with van der Waals surface area (Å²) in [6, 6.07) is 53.4. The Bertz CT molecular complexity index is 2580. The number of aryl methyl sites for hydroxylation is 2. The Hall–Kier alpha value is -5.53. The molecule has 0 atom stereocenters. The maximum Gasteiger partial charge on any atom is 0.247 e. The fourth-order valence-corrected chi connectivity index (χ4v) is 11.4. The highest BCUT2D eigenvalue weighted by molar-refractivity contribution is 7.03. The average molecular weight is 678 g/mol. The Balaban J connectivity index is 1.30. The van der Waals surface area contributed by atoms with Gasteiger partial charge in [0.05, 0.1) is 0 Å². The number of hydrogen-bond acceptors (Lipinski definition) is 1. The topological polar surface area (TPSA) is 3.24 Å². The summed E-state index contributed by atoms with van der Waals surface area (Å²) in [4.78, 5) is 2.69. The van der Waals surface area contributed by atoms with Crippen LogP contribution < -0.4 is 37.7 Å². The van der Waals surface area contributed by atoms with Gasteiger partial charge in [0.15, 0.2) is 0 Å². The van der Waals surface area contributed by atoms with E-state index in [0.29, 0.717) is 0 Å². The summed E-state index contributed by atoms with van der Waals surface area (Å²) in [6.45, 7) is 14.7. The van der Waals surface area contributed by atoms with Crippen molar-refractivity contribution in [2.45, 2.75) is 52.4 Å². The van der Waals surface area contributed by atoms with Crippen molar-refractivity contribution in [1.82, 2.24) is 0 Å². The van der Waals surface area contributed by atoms with E-state index in [0.717, 1.165) is 0 Å². The van der Waals surface area contributed by atoms with Gasteiger partial charge in [-0.05, 0) is 110 Å². The first kappa shape index (κ1) is 31.0. The van der Waals surface area contributed by atoms with Gasteiger partial charge in [0.1, 0.15) is 0 Å². The van der Waals surface area contributed by atoms with E-state index in [1.54, 1.807) is 0 Å². The first-order valence-electron chi connectivity index (χ1n) is 19.3. The number of fused-ring (bicyclic) bond motifs is 8. The number of hydrogen-bond donors (Lipinski definition) is 0. The van der Waals surface area contributed by atoms with Gasteiger partial charge in [0, 0.05) is 27.9 Å². The fourth-order valence-electron chi connectivity index (χ4n) is 11.4. The van der Waals surface area contributed by atoms with Crippen LogP contribution in [0.1, 0.15) is 61.1 Å². The van der Waals surface area contributed by atoms with E-state index in [4.69, 9.17) is 0 Å². The van der Waals surface area contributed by atoms with E-state index in [-0.39, 0.29) is 24.3 Å². The first-order chi connectivity index (χ1) is 25.7. The van der Waals surface area contributed by atoms with Crippen LogP contribution in [0.25, 0.3) is 22.3 Å². The lowest BCUT2D eigenvalue weighted by atomic mass is 9.26. The van der Waals surface area contributed by atoms with Crippen LogP contribution in [0.2, 0.25) is 0 Å². The quantitative estimate of drug-likeness (QED) is 0.168. The van der Waals surface area contributed by atoms with E-state index in [2.05, 4.69) is 186 Å². The molecular weight excluding hydrogens is 636 g/mol. The molecule has 3 heteroatoms. The van der Waals surface area contributed by atoms with Crippen molar-refractivity contribution in [3.05, 3.63) is 173 Å². The van der Waals surface area contributed by atoms with Crippen LogP contribution in [-0.4, -0.2) is 13.4 Å².